The van der Waals surface area contributed by atoms with Gasteiger partial charge in [0.15, 0.2) is 6.29 Å². The van der Waals surface area contributed by atoms with Crippen molar-refractivity contribution in [1.29, 1.82) is 0 Å². The van der Waals surface area contributed by atoms with Crippen LogP contribution >= 0.6 is 0 Å². The summed E-state index contributed by atoms with van der Waals surface area (Å²) in [5, 5.41) is 0. The van der Waals surface area contributed by atoms with Crippen molar-refractivity contribution in [2.45, 2.75) is 18.7 Å². The summed E-state index contributed by atoms with van der Waals surface area (Å²) < 4.78 is 26.4. The Morgan fingerprint density at radius 2 is 2.00 bits per heavy atom. The lowest BCUT2D eigenvalue weighted by molar-refractivity contribution is 0.111. The topological polar surface area (TPSA) is 76.1 Å². The van der Waals surface area contributed by atoms with Crippen molar-refractivity contribution in [2.24, 2.45) is 0 Å². The number of carbonyl (C=O) groups excluding carboxylic acids is 1. The summed E-state index contributed by atoms with van der Waals surface area (Å²) in [6.07, 6.45) is 2.28. The number of carbonyl (C=O) groups is 1. The van der Waals surface area contributed by atoms with Gasteiger partial charge in [0.05, 0.1) is 4.90 Å². The maximum Gasteiger partial charge on any atom is 0.240 e. The zero-order valence-electron chi connectivity index (χ0n) is 11.8. The molecule has 0 aliphatic heterocycles. The van der Waals surface area contributed by atoms with E-state index in [9.17, 15) is 13.2 Å². The van der Waals surface area contributed by atoms with Crippen molar-refractivity contribution in [3.8, 4) is 11.1 Å². The third-order valence-corrected chi connectivity index (χ3v) is 4.60. The van der Waals surface area contributed by atoms with Gasteiger partial charge in [0.2, 0.25) is 10.0 Å². The second-order valence-electron chi connectivity index (χ2n) is 4.57. The smallest absolute Gasteiger partial charge is 0.240 e. The van der Waals surface area contributed by atoms with Gasteiger partial charge in [-0.1, -0.05) is 19.1 Å². The summed E-state index contributed by atoms with van der Waals surface area (Å²) in [5.74, 6) is 0. The van der Waals surface area contributed by atoms with Crippen LogP contribution in [0.1, 0.15) is 23.0 Å². The molecule has 2 rings (SSSR count). The number of nitrogens with one attached hydrogen (secondary N) is 1. The molecule has 1 aromatic carbocycles. The predicted molar refractivity (Wildman–Crippen MR) is 80.7 cm³/mol. The van der Waals surface area contributed by atoms with E-state index in [1.165, 1.54) is 0 Å². The SMILES string of the molecule is CCNS(=O)(=O)c1ccc(-c2ccc(C=O)nc2)c(C)c1. The van der Waals surface area contributed by atoms with E-state index in [0.29, 0.717) is 18.5 Å². The molecule has 0 saturated heterocycles. The Morgan fingerprint density at radius 1 is 1.24 bits per heavy atom. The normalized spacial score (nSPS) is 11.3. The molecule has 1 aromatic heterocycles. The van der Waals surface area contributed by atoms with E-state index in [4.69, 9.17) is 0 Å². The van der Waals surface area contributed by atoms with Crippen molar-refractivity contribution in [3.63, 3.8) is 0 Å². The second-order valence-corrected chi connectivity index (χ2v) is 6.33. The molecule has 5 nitrogen and oxygen atoms in total. The van der Waals surface area contributed by atoms with Gasteiger partial charge in [-0.3, -0.25) is 9.78 Å². The number of aromatic nitrogens is 1. The number of hydrogen-bond acceptors (Lipinski definition) is 4. The number of benzene rings is 1. The van der Waals surface area contributed by atoms with E-state index in [2.05, 4.69) is 9.71 Å². The first-order valence-electron chi connectivity index (χ1n) is 6.50. The van der Waals surface area contributed by atoms with Crippen molar-refractivity contribution in [2.75, 3.05) is 6.54 Å². The number of sulfonamides is 1. The van der Waals surface area contributed by atoms with Gasteiger partial charge >= 0.3 is 0 Å². The molecule has 2 aromatic rings. The molecule has 6 heteroatoms. The Morgan fingerprint density at radius 3 is 2.52 bits per heavy atom. The molecule has 110 valence electrons. The molecule has 0 atom stereocenters. The van der Waals surface area contributed by atoms with Crippen molar-refractivity contribution >= 4 is 16.3 Å². The standard InChI is InChI=1S/C15H16N2O3S/c1-3-17-21(19,20)14-6-7-15(11(2)8-14)12-4-5-13(10-18)16-9-12/h4-10,17H,3H2,1-2H3. The Hall–Kier alpha value is -2.05. The minimum Gasteiger partial charge on any atom is -0.296 e. The minimum absolute atomic E-state index is 0.239. The average molecular weight is 304 g/mol. The molecule has 0 fully saturated rings. The quantitative estimate of drug-likeness (QED) is 0.859. The predicted octanol–water partition coefficient (Wildman–Crippen LogP) is 2.17. The van der Waals surface area contributed by atoms with E-state index in [0.717, 1.165) is 16.7 Å². The molecule has 0 unspecified atom stereocenters. The fraction of sp³-hybridized carbons (Fsp3) is 0.200. The van der Waals surface area contributed by atoms with Crippen molar-refractivity contribution in [3.05, 3.63) is 47.8 Å². The molecule has 0 spiro atoms. The van der Waals surface area contributed by atoms with Gasteiger partial charge in [-0.05, 0) is 36.2 Å². The maximum atomic E-state index is 12.0. The fourth-order valence-electron chi connectivity index (χ4n) is 2.03. The van der Waals surface area contributed by atoms with Crippen LogP contribution in [0.15, 0.2) is 41.4 Å². The van der Waals surface area contributed by atoms with E-state index >= 15 is 0 Å². The molecule has 0 aliphatic carbocycles. The van der Waals surface area contributed by atoms with Crippen LogP contribution < -0.4 is 4.72 Å². The highest BCUT2D eigenvalue weighted by Gasteiger charge is 2.14. The summed E-state index contributed by atoms with van der Waals surface area (Å²) in [4.78, 5) is 14.9. The third kappa shape index (κ3) is 3.34. The molecular weight excluding hydrogens is 288 g/mol. The highest BCUT2D eigenvalue weighted by Crippen LogP contribution is 2.25. The first-order chi connectivity index (χ1) is 9.97. The number of pyridine rings is 1. The first-order valence-corrected chi connectivity index (χ1v) is 7.98. The number of rotatable bonds is 5. The molecule has 1 heterocycles. The van der Waals surface area contributed by atoms with Gasteiger partial charge in [0.1, 0.15) is 5.69 Å². The highest BCUT2D eigenvalue weighted by atomic mass is 32.2. The summed E-state index contributed by atoms with van der Waals surface area (Å²) >= 11 is 0. The van der Waals surface area contributed by atoms with Crippen LogP contribution in [0, 0.1) is 6.92 Å². The van der Waals surface area contributed by atoms with E-state index in [-0.39, 0.29) is 4.90 Å². The van der Waals surface area contributed by atoms with Gasteiger partial charge in [-0.25, -0.2) is 13.1 Å². The van der Waals surface area contributed by atoms with Gasteiger partial charge < -0.3 is 0 Å². The zero-order chi connectivity index (χ0) is 15.5. The molecule has 0 bridgehead atoms. The van der Waals surface area contributed by atoms with Crippen LogP contribution in [-0.4, -0.2) is 26.2 Å². The first kappa shape index (κ1) is 15.3. The molecule has 0 aliphatic rings. The Kier molecular flexibility index (Phi) is 4.50. The third-order valence-electron chi connectivity index (χ3n) is 3.06. The summed E-state index contributed by atoms with van der Waals surface area (Å²) in [6, 6.07) is 8.36. The molecular formula is C15H16N2O3S. The van der Waals surface area contributed by atoms with Crippen LogP contribution in [0.2, 0.25) is 0 Å². The summed E-state index contributed by atoms with van der Waals surface area (Å²) in [7, 11) is -3.45. The van der Waals surface area contributed by atoms with E-state index < -0.39 is 10.0 Å². The lowest BCUT2D eigenvalue weighted by Gasteiger charge is -2.09. The lowest BCUT2D eigenvalue weighted by Crippen LogP contribution is -2.23. The lowest BCUT2D eigenvalue weighted by atomic mass is 10.0. The van der Waals surface area contributed by atoms with Gasteiger partial charge in [0, 0.05) is 18.3 Å². The average Bonchev–Trinajstić information content (AvgIpc) is 2.47. The van der Waals surface area contributed by atoms with E-state index in [1.54, 1.807) is 43.5 Å². The number of hydrogen-bond donors (Lipinski definition) is 1. The van der Waals surface area contributed by atoms with Crippen molar-refractivity contribution in [1.82, 2.24) is 9.71 Å². The summed E-state index contributed by atoms with van der Waals surface area (Å²) in [5.41, 5.74) is 2.92. The largest absolute Gasteiger partial charge is 0.296 e. The monoisotopic (exact) mass is 304 g/mol. The minimum atomic E-state index is -3.45. The highest BCUT2D eigenvalue weighted by molar-refractivity contribution is 7.89. The van der Waals surface area contributed by atoms with Crippen LogP contribution in [-0.2, 0) is 10.0 Å². The van der Waals surface area contributed by atoms with Gasteiger partial charge in [-0.2, -0.15) is 0 Å². The van der Waals surface area contributed by atoms with Gasteiger partial charge in [-0.15, -0.1) is 0 Å². The van der Waals surface area contributed by atoms with Crippen LogP contribution in [0.4, 0.5) is 0 Å². The zero-order valence-corrected chi connectivity index (χ0v) is 12.6. The van der Waals surface area contributed by atoms with Crippen LogP contribution in [0.3, 0.4) is 0 Å². The van der Waals surface area contributed by atoms with Crippen molar-refractivity contribution < 1.29 is 13.2 Å². The Balaban J connectivity index is 2.41. The van der Waals surface area contributed by atoms with Gasteiger partial charge in [0.25, 0.3) is 0 Å². The van der Waals surface area contributed by atoms with Crippen LogP contribution in [0.25, 0.3) is 11.1 Å². The molecule has 0 saturated carbocycles. The Bertz CT molecular complexity index is 753. The molecule has 0 radical (unpaired) electrons. The molecule has 1 N–H and O–H groups in total. The van der Waals surface area contributed by atoms with Crippen LogP contribution in [0.5, 0.6) is 0 Å². The van der Waals surface area contributed by atoms with E-state index in [1.807, 2.05) is 6.92 Å². The number of aldehydes is 1. The second kappa shape index (κ2) is 6.15. The summed E-state index contributed by atoms with van der Waals surface area (Å²) in [6.45, 7) is 3.92. The number of nitrogens with zero attached hydrogens (tertiary/aromatic N) is 1. The molecule has 0 amide bonds. The maximum absolute atomic E-state index is 12.0. The molecule has 21 heavy (non-hydrogen) atoms. The Labute approximate surface area is 124 Å². The fourth-order valence-corrected chi connectivity index (χ4v) is 3.16. The number of aryl methyl sites for hydroxylation is 1.